The zero-order valence-corrected chi connectivity index (χ0v) is 10.9. The molecule has 2 aromatic rings. The molecule has 0 unspecified atom stereocenters. The fourth-order valence-corrected chi connectivity index (χ4v) is 2.01. The zero-order chi connectivity index (χ0) is 13.8. The summed E-state index contributed by atoms with van der Waals surface area (Å²) in [6.45, 7) is 0.209. The fraction of sp³-hybridized carbons (Fsp3) is 0.188. The van der Waals surface area contributed by atoms with Crippen LogP contribution in [0.2, 0.25) is 0 Å². The molecule has 0 bridgehead atoms. The van der Waals surface area contributed by atoms with Crippen molar-refractivity contribution in [3.05, 3.63) is 54.1 Å². The molecule has 1 aliphatic rings. The maximum atomic E-state index is 11.8. The molecule has 0 N–H and O–H groups in total. The molecule has 1 aliphatic heterocycles. The van der Waals surface area contributed by atoms with Crippen molar-refractivity contribution in [2.45, 2.75) is 12.8 Å². The molecule has 0 saturated heterocycles. The summed E-state index contributed by atoms with van der Waals surface area (Å²) in [6, 6.07) is 15.0. The lowest BCUT2D eigenvalue weighted by Gasteiger charge is -2.05. The Kier molecular flexibility index (Phi) is 3.54. The molecule has 4 nitrogen and oxygen atoms in total. The Labute approximate surface area is 116 Å². The third-order valence-electron chi connectivity index (χ3n) is 3.04. The zero-order valence-electron chi connectivity index (χ0n) is 10.9. The molecule has 0 aliphatic carbocycles. The summed E-state index contributed by atoms with van der Waals surface area (Å²) in [5.74, 6) is 1.51. The molecular weight excluding hydrogens is 256 g/mol. The van der Waals surface area contributed by atoms with Crippen LogP contribution in [0.3, 0.4) is 0 Å². The third kappa shape index (κ3) is 2.91. The van der Waals surface area contributed by atoms with Crippen molar-refractivity contribution in [1.29, 1.82) is 0 Å². The third-order valence-corrected chi connectivity index (χ3v) is 3.04. The van der Waals surface area contributed by atoms with E-state index in [0.717, 1.165) is 5.56 Å². The van der Waals surface area contributed by atoms with Crippen LogP contribution >= 0.6 is 0 Å². The number of hydrogen-bond donors (Lipinski definition) is 0. The first-order chi connectivity index (χ1) is 9.81. The number of hydrogen-bond acceptors (Lipinski definition) is 4. The summed E-state index contributed by atoms with van der Waals surface area (Å²) in [7, 11) is 0. The minimum atomic E-state index is -0.257. The molecule has 0 aromatic heterocycles. The maximum Gasteiger partial charge on any atom is 0.311 e. The minimum Gasteiger partial charge on any atom is -0.454 e. The second-order valence-electron chi connectivity index (χ2n) is 4.47. The number of fused-ring (bicyclic) bond motifs is 1. The van der Waals surface area contributed by atoms with Gasteiger partial charge in [0.1, 0.15) is 5.75 Å². The second-order valence-corrected chi connectivity index (χ2v) is 4.47. The van der Waals surface area contributed by atoms with Crippen LogP contribution in [0.4, 0.5) is 0 Å². The highest BCUT2D eigenvalue weighted by molar-refractivity contribution is 5.73. The van der Waals surface area contributed by atoms with E-state index in [0.29, 0.717) is 30.1 Å². The smallest absolute Gasteiger partial charge is 0.311 e. The van der Waals surface area contributed by atoms with E-state index >= 15 is 0 Å². The number of carbonyl (C=O) groups is 1. The quantitative estimate of drug-likeness (QED) is 0.633. The molecule has 3 rings (SSSR count). The Morgan fingerprint density at radius 1 is 1.05 bits per heavy atom. The normalized spacial score (nSPS) is 12.2. The van der Waals surface area contributed by atoms with E-state index < -0.39 is 0 Å². The maximum absolute atomic E-state index is 11.8. The van der Waals surface area contributed by atoms with Gasteiger partial charge in [0.15, 0.2) is 11.5 Å². The van der Waals surface area contributed by atoms with Gasteiger partial charge in [-0.25, -0.2) is 0 Å². The Balaban J connectivity index is 1.56. The van der Waals surface area contributed by atoms with Gasteiger partial charge < -0.3 is 14.2 Å². The Hall–Kier alpha value is -2.49. The van der Waals surface area contributed by atoms with E-state index in [1.807, 2.05) is 30.3 Å². The van der Waals surface area contributed by atoms with Crippen LogP contribution in [-0.4, -0.2) is 12.8 Å². The molecule has 0 spiro atoms. The Bertz CT molecular complexity index is 607. The molecule has 0 fully saturated rings. The van der Waals surface area contributed by atoms with Gasteiger partial charge in [-0.1, -0.05) is 30.3 Å². The average molecular weight is 270 g/mol. The van der Waals surface area contributed by atoms with E-state index in [4.69, 9.17) is 14.2 Å². The van der Waals surface area contributed by atoms with Crippen LogP contribution in [0.1, 0.15) is 12.0 Å². The van der Waals surface area contributed by atoms with E-state index in [-0.39, 0.29) is 12.8 Å². The summed E-state index contributed by atoms with van der Waals surface area (Å²) in [4.78, 5) is 11.8. The van der Waals surface area contributed by atoms with Crippen LogP contribution in [0.15, 0.2) is 48.5 Å². The first-order valence-corrected chi connectivity index (χ1v) is 6.45. The summed E-state index contributed by atoms with van der Waals surface area (Å²) in [5.41, 5.74) is 1.12. The average Bonchev–Trinajstić information content (AvgIpc) is 2.94. The van der Waals surface area contributed by atoms with Crippen LogP contribution in [0.25, 0.3) is 0 Å². The summed E-state index contributed by atoms with van der Waals surface area (Å²) in [5, 5.41) is 0. The topological polar surface area (TPSA) is 44.8 Å². The predicted molar refractivity (Wildman–Crippen MR) is 73.0 cm³/mol. The van der Waals surface area contributed by atoms with Gasteiger partial charge in [-0.05, 0) is 24.1 Å². The molecule has 2 aromatic carbocycles. The van der Waals surface area contributed by atoms with Crippen molar-refractivity contribution in [3.8, 4) is 17.2 Å². The largest absolute Gasteiger partial charge is 0.454 e. The number of rotatable bonds is 4. The first kappa shape index (κ1) is 12.5. The van der Waals surface area contributed by atoms with Crippen LogP contribution in [-0.2, 0) is 11.2 Å². The first-order valence-electron chi connectivity index (χ1n) is 6.45. The highest BCUT2D eigenvalue weighted by Gasteiger charge is 2.15. The van der Waals surface area contributed by atoms with Crippen LogP contribution in [0, 0.1) is 0 Å². The molecule has 20 heavy (non-hydrogen) atoms. The van der Waals surface area contributed by atoms with Crippen molar-refractivity contribution in [1.82, 2.24) is 0 Å². The van der Waals surface area contributed by atoms with E-state index in [1.165, 1.54) is 0 Å². The van der Waals surface area contributed by atoms with E-state index in [1.54, 1.807) is 18.2 Å². The molecule has 102 valence electrons. The summed E-state index contributed by atoms with van der Waals surface area (Å²) >= 11 is 0. The molecule has 0 saturated carbocycles. The van der Waals surface area contributed by atoms with Crippen molar-refractivity contribution >= 4 is 5.97 Å². The van der Waals surface area contributed by atoms with Gasteiger partial charge in [0.25, 0.3) is 0 Å². The standard InChI is InChI=1S/C16H14O4/c17-16(9-6-12-4-2-1-3-5-12)20-13-7-8-14-15(10-13)19-11-18-14/h1-5,7-8,10H,6,9,11H2. The van der Waals surface area contributed by atoms with Crippen LogP contribution in [0.5, 0.6) is 17.2 Å². The summed E-state index contributed by atoms with van der Waals surface area (Å²) in [6.07, 6.45) is 1.02. The number of benzene rings is 2. The van der Waals surface area contributed by atoms with E-state index in [9.17, 15) is 4.79 Å². The molecule has 0 amide bonds. The number of aryl methyl sites for hydroxylation is 1. The highest BCUT2D eigenvalue weighted by Crippen LogP contribution is 2.35. The lowest BCUT2D eigenvalue weighted by molar-refractivity contribution is -0.134. The van der Waals surface area contributed by atoms with Gasteiger partial charge in [-0.2, -0.15) is 0 Å². The predicted octanol–water partition coefficient (Wildman–Crippen LogP) is 2.95. The molecule has 0 atom stereocenters. The minimum absolute atomic E-state index is 0.209. The summed E-state index contributed by atoms with van der Waals surface area (Å²) < 4.78 is 15.7. The number of carbonyl (C=O) groups excluding carboxylic acids is 1. The molecular formula is C16H14O4. The van der Waals surface area contributed by atoms with Crippen molar-refractivity contribution < 1.29 is 19.0 Å². The Morgan fingerprint density at radius 2 is 1.85 bits per heavy atom. The van der Waals surface area contributed by atoms with Gasteiger partial charge in [0.05, 0.1) is 0 Å². The monoisotopic (exact) mass is 270 g/mol. The van der Waals surface area contributed by atoms with Crippen molar-refractivity contribution in [3.63, 3.8) is 0 Å². The van der Waals surface area contributed by atoms with Gasteiger partial charge >= 0.3 is 5.97 Å². The molecule has 0 radical (unpaired) electrons. The van der Waals surface area contributed by atoms with Gasteiger partial charge in [0.2, 0.25) is 6.79 Å². The van der Waals surface area contributed by atoms with Crippen molar-refractivity contribution in [2.75, 3.05) is 6.79 Å². The van der Waals surface area contributed by atoms with Crippen LogP contribution < -0.4 is 14.2 Å². The van der Waals surface area contributed by atoms with Gasteiger partial charge in [-0.3, -0.25) is 4.79 Å². The fourth-order valence-electron chi connectivity index (χ4n) is 2.01. The lowest BCUT2D eigenvalue weighted by atomic mass is 10.1. The Morgan fingerprint density at radius 3 is 2.70 bits per heavy atom. The SMILES string of the molecule is O=C(CCc1ccccc1)Oc1ccc2c(c1)OCO2. The molecule has 4 heteroatoms. The van der Waals surface area contributed by atoms with E-state index in [2.05, 4.69) is 0 Å². The second kappa shape index (κ2) is 5.65. The van der Waals surface area contributed by atoms with Crippen molar-refractivity contribution in [2.24, 2.45) is 0 Å². The highest BCUT2D eigenvalue weighted by atomic mass is 16.7. The number of ether oxygens (including phenoxy) is 3. The van der Waals surface area contributed by atoms with Gasteiger partial charge in [-0.15, -0.1) is 0 Å². The number of esters is 1. The van der Waals surface area contributed by atoms with Gasteiger partial charge in [0, 0.05) is 12.5 Å². The lowest BCUT2D eigenvalue weighted by Crippen LogP contribution is -2.08. The molecule has 1 heterocycles.